The summed E-state index contributed by atoms with van der Waals surface area (Å²) in [5.74, 6) is -0.777. The Morgan fingerprint density at radius 1 is 1.21 bits per heavy atom. The minimum Gasteiger partial charge on any atom is -0.272 e. The van der Waals surface area contributed by atoms with Crippen LogP contribution in [0, 0.1) is 5.82 Å². The third kappa shape index (κ3) is 3.67. The lowest BCUT2D eigenvalue weighted by Gasteiger charge is -1.97. The summed E-state index contributed by atoms with van der Waals surface area (Å²) in [6.07, 6.45) is 1.46. The monoisotopic (exact) mass is 342 g/mol. The van der Waals surface area contributed by atoms with Crippen LogP contribution >= 0.6 is 11.6 Å². The maximum absolute atomic E-state index is 12.9. The molecule has 0 saturated carbocycles. The maximum Gasteiger partial charge on any atom is 0.289 e. The van der Waals surface area contributed by atoms with E-state index in [1.165, 1.54) is 18.3 Å². The van der Waals surface area contributed by atoms with E-state index in [4.69, 9.17) is 11.6 Å². The summed E-state index contributed by atoms with van der Waals surface area (Å²) in [5, 5.41) is 11.1. The zero-order valence-corrected chi connectivity index (χ0v) is 13.1. The van der Waals surface area contributed by atoms with Crippen molar-refractivity contribution in [3.8, 4) is 11.3 Å². The van der Waals surface area contributed by atoms with Gasteiger partial charge in [0.05, 0.1) is 11.9 Å². The Hall–Kier alpha value is -2.99. The molecule has 0 unspecified atom stereocenters. The van der Waals surface area contributed by atoms with Crippen molar-refractivity contribution in [1.82, 2.24) is 15.6 Å². The van der Waals surface area contributed by atoms with E-state index in [0.29, 0.717) is 21.8 Å². The number of H-pyrrole nitrogens is 1. The first-order valence-electron chi connectivity index (χ1n) is 7.03. The first kappa shape index (κ1) is 15.9. The molecule has 0 aliphatic carbocycles. The van der Waals surface area contributed by atoms with Gasteiger partial charge in [-0.05, 0) is 36.4 Å². The normalized spacial score (nSPS) is 10.9. The fraction of sp³-hybridized carbons (Fsp3) is 0. The Morgan fingerprint density at radius 3 is 2.71 bits per heavy atom. The summed E-state index contributed by atoms with van der Waals surface area (Å²) in [7, 11) is 0. The Labute approximate surface area is 142 Å². The molecule has 5 nitrogen and oxygen atoms in total. The van der Waals surface area contributed by atoms with Crippen LogP contribution in [0.5, 0.6) is 0 Å². The second-order valence-electron chi connectivity index (χ2n) is 4.89. The number of nitrogens with zero attached hydrogens (tertiary/aromatic N) is 2. The molecule has 3 aromatic rings. The van der Waals surface area contributed by atoms with E-state index < -0.39 is 5.91 Å². The molecule has 0 fully saturated rings. The van der Waals surface area contributed by atoms with Crippen molar-refractivity contribution in [2.45, 2.75) is 0 Å². The molecule has 0 atom stereocenters. The van der Waals surface area contributed by atoms with Gasteiger partial charge in [-0.3, -0.25) is 9.89 Å². The van der Waals surface area contributed by atoms with E-state index in [1.807, 2.05) is 6.07 Å². The Bertz CT molecular complexity index is 890. The van der Waals surface area contributed by atoms with Crippen molar-refractivity contribution in [2.24, 2.45) is 5.10 Å². The summed E-state index contributed by atoms with van der Waals surface area (Å²) >= 11 is 5.99. The van der Waals surface area contributed by atoms with Crippen LogP contribution in [0.4, 0.5) is 4.39 Å². The van der Waals surface area contributed by atoms with Gasteiger partial charge in [0, 0.05) is 16.1 Å². The van der Waals surface area contributed by atoms with Crippen molar-refractivity contribution in [3.63, 3.8) is 0 Å². The molecule has 0 bridgehead atoms. The van der Waals surface area contributed by atoms with Gasteiger partial charge in [0.25, 0.3) is 5.91 Å². The summed E-state index contributed by atoms with van der Waals surface area (Å²) in [5.41, 5.74) is 4.56. The first-order valence-corrected chi connectivity index (χ1v) is 7.40. The predicted octanol–water partition coefficient (Wildman–Crippen LogP) is 3.63. The number of aromatic nitrogens is 2. The average molecular weight is 343 g/mol. The fourth-order valence-electron chi connectivity index (χ4n) is 2.01. The van der Waals surface area contributed by atoms with Gasteiger partial charge in [-0.15, -0.1) is 0 Å². The number of amides is 1. The van der Waals surface area contributed by atoms with Crippen LogP contribution in [0.3, 0.4) is 0 Å². The van der Waals surface area contributed by atoms with Crippen molar-refractivity contribution < 1.29 is 9.18 Å². The number of hydrogen-bond donors (Lipinski definition) is 2. The van der Waals surface area contributed by atoms with Crippen molar-refractivity contribution in [3.05, 3.63) is 76.7 Å². The molecule has 0 saturated heterocycles. The lowest BCUT2D eigenvalue weighted by atomic mass is 10.1. The number of halogens is 2. The van der Waals surface area contributed by atoms with Gasteiger partial charge in [-0.25, -0.2) is 9.82 Å². The highest BCUT2D eigenvalue weighted by atomic mass is 35.5. The minimum absolute atomic E-state index is 0.241. The number of carbonyl (C=O) groups excluding carboxylic acids is 1. The van der Waals surface area contributed by atoms with Crippen LogP contribution in [0.2, 0.25) is 5.02 Å². The number of aromatic amines is 1. The molecule has 0 radical (unpaired) electrons. The highest BCUT2D eigenvalue weighted by molar-refractivity contribution is 6.33. The summed E-state index contributed by atoms with van der Waals surface area (Å²) in [6.45, 7) is 0. The molecule has 7 heteroatoms. The molecule has 0 aliphatic rings. The maximum atomic E-state index is 12.9. The second-order valence-corrected chi connectivity index (χ2v) is 5.30. The largest absolute Gasteiger partial charge is 0.289 e. The van der Waals surface area contributed by atoms with Crippen LogP contribution in [-0.2, 0) is 0 Å². The van der Waals surface area contributed by atoms with E-state index >= 15 is 0 Å². The van der Waals surface area contributed by atoms with Crippen molar-refractivity contribution in [2.75, 3.05) is 0 Å². The number of hydrazone groups is 1. The van der Waals surface area contributed by atoms with E-state index in [0.717, 1.165) is 0 Å². The lowest BCUT2D eigenvalue weighted by Crippen LogP contribution is -2.18. The number of carbonyl (C=O) groups is 1. The summed E-state index contributed by atoms with van der Waals surface area (Å²) < 4.78 is 12.9. The van der Waals surface area contributed by atoms with Gasteiger partial charge in [-0.2, -0.15) is 10.2 Å². The number of benzene rings is 2. The molecular weight excluding hydrogens is 331 g/mol. The Morgan fingerprint density at radius 2 is 1.96 bits per heavy atom. The smallest absolute Gasteiger partial charge is 0.272 e. The predicted molar refractivity (Wildman–Crippen MR) is 90.5 cm³/mol. The SMILES string of the molecule is O=C(N/N=C\c1ccccc1Cl)c1cc(-c2ccc(F)cc2)n[nH]1. The molecule has 0 spiro atoms. The van der Waals surface area contributed by atoms with E-state index in [1.54, 1.807) is 36.4 Å². The standard InChI is InChI=1S/C17H12ClFN4O/c18-14-4-2-1-3-12(14)10-20-23-17(24)16-9-15(21-22-16)11-5-7-13(19)8-6-11/h1-10H,(H,21,22)(H,23,24)/b20-10-. The zero-order valence-electron chi connectivity index (χ0n) is 12.3. The average Bonchev–Trinajstić information content (AvgIpc) is 3.07. The Balaban J connectivity index is 1.68. The lowest BCUT2D eigenvalue weighted by molar-refractivity contribution is 0.0950. The topological polar surface area (TPSA) is 70.1 Å². The van der Waals surface area contributed by atoms with Crippen LogP contribution in [0.1, 0.15) is 16.1 Å². The third-order valence-corrected chi connectivity index (χ3v) is 3.58. The molecule has 3 rings (SSSR count). The highest BCUT2D eigenvalue weighted by Gasteiger charge is 2.10. The molecule has 2 N–H and O–H groups in total. The van der Waals surface area contributed by atoms with Crippen LogP contribution in [0.25, 0.3) is 11.3 Å². The van der Waals surface area contributed by atoms with Gasteiger partial charge in [-0.1, -0.05) is 29.8 Å². The van der Waals surface area contributed by atoms with Crippen LogP contribution in [0.15, 0.2) is 59.7 Å². The summed E-state index contributed by atoms with van der Waals surface area (Å²) in [6, 6.07) is 14.5. The van der Waals surface area contributed by atoms with Crippen molar-refractivity contribution in [1.29, 1.82) is 0 Å². The number of nitrogens with one attached hydrogen (secondary N) is 2. The van der Waals surface area contributed by atoms with Gasteiger partial charge in [0.15, 0.2) is 0 Å². The van der Waals surface area contributed by atoms with Gasteiger partial charge in [0.2, 0.25) is 0 Å². The van der Waals surface area contributed by atoms with Crippen LogP contribution in [-0.4, -0.2) is 22.3 Å². The number of hydrogen-bond acceptors (Lipinski definition) is 3. The van der Waals surface area contributed by atoms with Gasteiger partial charge in [0.1, 0.15) is 11.5 Å². The molecule has 0 aliphatic heterocycles. The molecule has 1 aromatic heterocycles. The first-order chi connectivity index (χ1) is 11.6. The van der Waals surface area contributed by atoms with Crippen molar-refractivity contribution >= 4 is 23.7 Å². The quantitative estimate of drug-likeness (QED) is 0.561. The molecule has 1 amide bonds. The molecule has 1 heterocycles. The zero-order chi connectivity index (χ0) is 16.9. The molecule has 120 valence electrons. The second kappa shape index (κ2) is 7.06. The molecule has 2 aromatic carbocycles. The van der Waals surface area contributed by atoms with Gasteiger partial charge < -0.3 is 0 Å². The summed E-state index contributed by atoms with van der Waals surface area (Å²) in [4.78, 5) is 12.0. The van der Waals surface area contributed by atoms with Gasteiger partial charge >= 0.3 is 0 Å². The third-order valence-electron chi connectivity index (χ3n) is 3.24. The van der Waals surface area contributed by atoms with E-state index in [2.05, 4.69) is 20.7 Å². The van der Waals surface area contributed by atoms with E-state index in [-0.39, 0.29) is 11.5 Å². The number of rotatable bonds is 4. The highest BCUT2D eigenvalue weighted by Crippen LogP contribution is 2.18. The Kier molecular flexibility index (Phi) is 4.67. The minimum atomic E-state index is -0.445. The molecule has 24 heavy (non-hydrogen) atoms. The van der Waals surface area contributed by atoms with E-state index in [9.17, 15) is 9.18 Å². The van der Waals surface area contributed by atoms with Crippen LogP contribution < -0.4 is 5.43 Å². The fourth-order valence-corrected chi connectivity index (χ4v) is 2.19. The molecular formula is C17H12ClFN4O.